The van der Waals surface area contributed by atoms with Crippen molar-refractivity contribution >= 4 is 29.1 Å². The van der Waals surface area contributed by atoms with E-state index in [4.69, 9.17) is 4.74 Å². The van der Waals surface area contributed by atoms with Gasteiger partial charge in [0, 0.05) is 24.5 Å². The maximum Gasteiger partial charge on any atom is 0.253 e. The summed E-state index contributed by atoms with van der Waals surface area (Å²) < 4.78 is 7.02. The average Bonchev–Trinajstić information content (AvgIpc) is 3.27. The summed E-state index contributed by atoms with van der Waals surface area (Å²) in [5.41, 5.74) is 1.04. The van der Waals surface area contributed by atoms with E-state index in [-0.39, 0.29) is 24.3 Å². The minimum atomic E-state index is -1.37. The van der Waals surface area contributed by atoms with Gasteiger partial charge >= 0.3 is 0 Å². The van der Waals surface area contributed by atoms with Gasteiger partial charge in [0.05, 0.1) is 30.1 Å². The molecule has 4 aliphatic heterocycles. The van der Waals surface area contributed by atoms with Gasteiger partial charge < -0.3 is 24.5 Å². The van der Waals surface area contributed by atoms with Gasteiger partial charge in [0.2, 0.25) is 11.8 Å². The summed E-state index contributed by atoms with van der Waals surface area (Å²) in [6.07, 6.45) is 8.07. The first kappa shape index (κ1) is 27.4. The van der Waals surface area contributed by atoms with Gasteiger partial charge in [-0.2, -0.15) is 0 Å². The molecule has 0 aliphatic carbocycles. The van der Waals surface area contributed by atoms with Crippen molar-refractivity contribution in [1.29, 1.82) is 0 Å². The lowest BCUT2D eigenvalue weighted by Gasteiger charge is -2.40. The predicted molar refractivity (Wildman–Crippen MR) is 156 cm³/mol. The van der Waals surface area contributed by atoms with Crippen LogP contribution >= 0.6 is 0 Å². The van der Waals surface area contributed by atoms with Gasteiger partial charge in [0.25, 0.3) is 5.91 Å². The van der Waals surface area contributed by atoms with Gasteiger partial charge in [0.15, 0.2) is 0 Å². The minimum absolute atomic E-state index is 0.202. The summed E-state index contributed by atoms with van der Waals surface area (Å²) in [7, 11) is 0. The Kier molecular flexibility index (Phi) is 6.66. The van der Waals surface area contributed by atoms with E-state index in [0.717, 1.165) is 22.5 Å². The monoisotopic (exact) mass is 555 g/mol. The van der Waals surface area contributed by atoms with Crippen LogP contribution in [0.5, 0.6) is 0 Å². The van der Waals surface area contributed by atoms with E-state index >= 15 is 0 Å². The van der Waals surface area contributed by atoms with E-state index in [1.807, 2.05) is 93.6 Å². The van der Waals surface area contributed by atoms with Crippen LogP contribution in [0.2, 0.25) is 0 Å². The van der Waals surface area contributed by atoms with Crippen LogP contribution in [0.25, 0.3) is 0 Å². The summed E-state index contributed by atoms with van der Waals surface area (Å²) in [4.78, 5) is 48.6. The number of para-hydroxylation sites is 1. The molecule has 3 amide bonds. The maximum atomic E-state index is 14.7. The molecular weight excluding hydrogens is 518 g/mol. The molecule has 4 aliphatic rings. The van der Waals surface area contributed by atoms with Gasteiger partial charge in [-0.3, -0.25) is 14.4 Å². The van der Waals surface area contributed by atoms with Gasteiger partial charge in [0.1, 0.15) is 11.6 Å². The van der Waals surface area contributed by atoms with Crippen LogP contribution in [0.4, 0.5) is 11.4 Å². The molecule has 0 bridgehead atoms. The number of nitrogens with zero attached hydrogens (tertiary/aromatic N) is 3. The fourth-order valence-electron chi connectivity index (χ4n) is 7.33. The summed E-state index contributed by atoms with van der Waals surface area (Å²) in [6.45, 7) is 7.96. The van der Waals surface area contributed by atoms with Crippen molar-refractivity contribution in [3.63, 3.8) is 0 Å². The quantitative estimate of drug-likeness (QED) is 0.570. The third-order valence-electron chi connectivity index (χ3n) is 9.34. The van der Waals surface area contributed by atoms with Crippen molar-refractivity contribution in [3.05, 3.63) is 84.0 Å². The van der Waals surface area contributed by atoms with Crippen LogP contribution in [0, 0.1) is 25.7 Å². The molecule has 2 saturated heterocycles. The number of rotatable bonds is 5. The lowest BCUT2D eigenvalue weighted by molar-refractivity contribution is -0.148. The molecule has 0 aromatic heterocycles. The molecule has 0 saturated carbocycles. The van der Waals surface area contributed by atoms with E-state index < -0.39 is 35.1 Å². The number of hydrogen-bond acceptors (Lipinski definition) is 5. The average molecular weight is 556 g/mol. The van der Waals surface area contributed by atoms with E-state index in [1.54, 1.807) is 16.7 Å². The van der Waals surface area contributed by atoms with Crippen molar-refractivity contribution < 1.29 is 24.2 Å². The highest BCUT2D eigenvalue weighted by Gasteiger charge is 2.75. The molecule has 41 heavy (non-hydrogen) atoms. The predicted octanol–water partition coefficient (Wildman–Crippen LogP) is 3.55. The Morgan fingerprint density at radius 2 is 1.63 bits per heavy atom. The van der Waals surface area contributed by atoms with E-state index in [2.05, 4.69) is 0 Å². The van der Waals surface area contributed by atoms with Crippen molar-refractivity contribution in [3.8, 4) is 0 Å². The lowest BCUT2D eigenvalue weighted by Crippen LogP contribution is -2.58. The summed E-state index contributed by atoms with van der Waals surface area (Å²) >= 11 is 0. The second-order valence-electron chi connectivity index (χ2n) is 11.7. The molecular formula is C33H37N3O5. The van der Waals surface area contributed by atoms with Crippen LogP contribution in [-0.2, 0) is 19.1 Å². The Balaban J connectivity index is 1.52. The molecule has 1 N–H and O–H groups in total. The zero-order chi connectivity index (χ0) is 29.1. The summed E-state index contributed by atoms with van der Waals surface area (Å²) in [5.74, 6) is -2.59. The van der Waals surface area contributed by atoms with Gasteiger partial charge in [-0.25, -0.2) is 0 Å². The van der Waals surface area contributed by atoms with Crippen LogP contribution < -0.4 is 9.80 Å². The molecule has 4 heterocycles. The molecule has 8 nitrogen and oxygen atoms in total. The second kappa shape index (κ2) is 9.96. The molecule has 8 heteroatoms. The molecule has 2 aromatic carbocycles. The number of fused-ring (bicyclic) bond motifs is 2. The molecule has 2 fully saturated rings. The molecule has 6 rings (SSSR count). The third-order valence-corrected chi connectivity index (χ3v) is 9.34. The highest BCUT2D eigenvalue weighted by atomic mass is 16.5. The first-order valence-electron chi connectivity index (χ1n) is 14.4. The first-order valence-corrected chi connectivity index (χ1v) is 14.4. The number of aliphatic hydroxyl groups is 1. The Labute approximate surface area is 240 Å². The number of anilines is 2. The van der Waals surface area contributed by atoms with Gasteiger partial charge in [-0.05, 0) is 56.5 Å². The van der Waals surface area contributed by atoms with E-state index in [9.17, 15) is 19.5 Å². The van der Waals surface area contributed by atoms with Gasteiger partial charge in [-0.1, -0.05) is 61.6 Å². The number of benzene rings is 2. The number of hydrogen-bond donors (Lipinski definition) is 1. The highest BCUT2D eigenvalue weighted by Crippen LogP contribution is 2.59. The number of carbonyl (C=O) groups excluding carboxylic acids is 3. The maximum absolute atomic E-state index is 14.7. The van der Waals surface area contributed by atoms with E-state index in [1.165, 1.54) is 4.90 Å². The number of carbonyl (C=O) groups is 3. The number of ether oxygens (including phenoxy) is 1. The highest BCUT2D eigenvalue weighted by molar-refractivity contribution is 6.08. The molecule has 1 spiro atoms. The Morgan fingerprint density at radius 3 is 2.34 bits per heavy atom. The summed E-state index contributed by atoms with van der Waals surface area (Å²) in [5, 5.41) is 10.2. The van der Waals surface area contributed by atoms with Crippen LogP contribution in [-0.4, -0.2) is 70.7 Å². The zero-order valence-electron chi connectivity index (χ0n) is 24.0. The van der Waals surface area contributed by atoms with Gasteiger partial charge in [-0.15, -0.1) is 0 Å². The lowest BCUT2D eigenvalue weighted by atomic mass is 9.73. The van der Waals surface area contributed by atoms with Crippen LogP contribution in [0.3, 0.4) is 0 Å². The normalized spacial score (nSPS) is 31.6. The first-order chi connectivity index (χ1) is 19.7. The van der Waals surface area contributed by atoms with Crippen molar-refractivity contribution in [2.75, 3.05) is 29.5 Å². The topological polar surface area (TPSA) is 90.4 Å². The molecule has 1 unspecified atom stereocenters. The zero-order valence-corrected chi connectivity index (χ0v) is 24.0. The van der Waals surface area contributed by atoms with E-state index in [0.29, 0.717) is 19.5 Å². The molecule has 2 aromatic rings. The fourth-order valence-corrected chi connectivity index (χ4v) is 7.33. The second-order valence-corrected chi connectivity index (χ2v) is 11.7. The number of likely N-dealkylation sites (tertiary alicyclic amines) is 1. The third kappa shape index (κ3) is 3.91. The standard InChI is InChI=1S/C33H37N3O5/c1-5-32-15-9-17-34(24-11-7-6-8-12-24)29(38)26(32)27-30(39)36(23(4)20-37)28-31(40)35(18-10-16-33(27,28)41-32)25-19-21(2)13-14-22(25)3/h6-16,19,23,26-28,37H,5,17-18,20H2,1-4H3/t23-,26-,27+,28?,32+,33+/m1/s1. The fraction of sp³-hybridized carbons (Fsp3) is 0.424. The number of aryl methyl sites for hydroxylation is 2. The van der Waals surface area contributed by atoms with Crippen LogP contribution in [0.15, 0.2) is 72.8 Å². The van der Waals surface area contributed by atoms with Crippen LogP contribution in [0.1, 0.15) is 31.4 Å². The molecule has 0 radical (unpaired) electrons. The SMILES string of the molecule is CC[C@]12C=CCN(c3ccccc3)C(=O)[C@H]1[C@H]1C(=O)N([C@H](C)CO)C3C(=O)N(c4cc(C)ccc4C)CC=C[C@@]31O2. The Morgan fingerprint density at radius 1 is 0.927 bits per heavy atom. The Bertz CT molecular complexity index is 1450. The van der Waals surface area contributed by atoms with Crippen molar-refractivity contribution in [2.45, 2.75) is 57.4 Å². The number of aliphatic hydroxyl groups excluding tert-OH is 1. The number of amides is 3. The largest absolute Gasteiger partial charge is 0.394 e. The smallest absolute Gasteiger partial charge is 0.253 e. The molecule has 214 valence electrons. The molecule has 6 atom stereocenters. The van der Waals surface area contributed by atoms with Crippen molar-refractivity contribution in [2.24, 2.45) is 11.8 Å². The van der Waals surface area contributed by atoms with Crippen molar-refractivity contribution in [1.82, 2.24) is 4.90 Å². The summed E-state index contributed by atoms with van der Waals surface area (Å²) in [6, 6.07) is 13.7. The minimum Gasteiger partial charge on any atom is -0.394 e. The Hall–Kier alpha value is -3.75.